The van der Waals surface area contributed by atoms with Gasteiger partial charge in [0.15, 0.2) is 0 Å². The fourth-order valence-corrected chi connectivity index (χ4v) is 1.73. The zero-order valence-electron chi connectivity index (χ0n) is 10.7. The van der Waals surface area contributed by atoms with E-state index >= 15 is 0 Å². The smallest absolute Gasteiger partial charge is 0 e. The number of hydrogen-bond acceptors (Lipinski definition) is 0. The van der Waals surface area contributed by atoms with Crippen molar-refractivity contribution in [3.63, 3.8) is 0 Å². The van der Waals surface area contributed by atoms with Gasteiger partial charge in [-0.2, -0.15) is 27.8 Å². The van der Waals surface area contributed by atoms with Crippen molar-refractivity contribution in [3.8, 4) is 0 Å². The van der Waals surface area contributed by atoms with Crippen molar-refractivity contribution in [1.82, 2.24) is 0 Å². The molecule has 0 aromatic heterocycles. The summed E-state index contributed by atoms with van der Waals surface area (Å²) >= 11 is 0. The molecular formula is C15H20Rh-6. The van der Waals surface area contributed by atoms with Crippen LogP contribution in [0.3, 0.4) is 0 Å². The molecule has 1 radical (unpaired) electrons. The third kappa shape index (κ3) is 3.42. The molecule has 95 valence electrons. The third-order valence-electron chi connectivity index (χ3n) is 3.37. The van der Waals surface area contributed by atoms with Crippen LogP contribution in [0.25, 0.3) is 0 Å². The topological polar surface area (TPSA) is 0 Å². The first-order valence-corrected chi connectivity index (χ1v) is 5.42. The van der Waals surface area contributed by atoms with Gasteiger partial charge in [0.1, 0.15) is 0 Å². The Balaban J connectivity index is 0.000000318. The first kappa shape index (κ1) is 15.3. The van der Waals surface area contributed by atoms with Gasteiger partial charge >= 0.3 is 0 Å². The SMILES string of the molecule is Cc1c(C)c(C)[c-](C)c1C.[Rh].[cH-]1[cH-][cH-][cH-][cH-]1. The van der Waals surface area contributed by atoms with Gasteiger partial charge in [-0.1, -0.05) is 34.6 Å². The maximum atomic E-state index is 2.20. The third-order valence-corrected chi connectivity index (χ3v) is 3.37. The second-order valence-electron chi connectivity index (χ2n) is 4.09. The molecule has 0 N–H and O–H groups in total. The molecule has 0 nitrogen and oxygen atoms in total. The van der Waals surface area contributed by atoms with Gasteiger partial charge in [0.05, 0.1) is 0 Å². The van der Waals surface area contributed by atoms with Gasteiger partial charge in [0.2, 0.25) is 0 Å². The monoisotopic (exact) mass is 303 g/mol. The second kappa shape index (κ2) is 6.81. The maximum Gasteiger partial charge on any atom is 0 e. The van der Waals surface area contributed by atoms with Gasteiger partial charge in [-0.15, -0.1) is 0 Å². The van der Waals surface area contributed by atoms with E-state index in [0.29, 0.717) is 0 Å². The minimum atomic E-state index is 0. The molecule has 0 atom stereocenters. The summed E-state index contributed by atoms with van der Waals surface area (Å²) < 4.78 is 0. The molecule has 0 spiro atoms. The minimum Gasteiger partial charge on any atom is -0.748 e. The zero-order valence-corrected chi connectivity index (χ0v) is 12.4. The van der Waals surface area contributed by atoms with Crippen LogP contribution in [-0.2, 0) is 19.5 Å². The molecule has 0 aliphatic carbocycles. The first-order chi connectivity index (χ1) is 7.05. The molecule has 2 rings (SSSR count). The van der Waals surface area contributed by atoms with E-state index in [9.17, 15) is 0 Å². The second-order valence-corrected chi connectivity index (χ2v) is 4.09. The molecular weight excluding hydrogens is 283 g/mol. The predicted octanol–water partition coefficient (Wildman–Crippen LogP) is 4.35. The Morgan fingerprint density at radius 1 is 0.688 bits per heavy atom. The van der Waals surface area contributed by atoms with Crippen LogP contribution in [0.5, 0.6) is 0 Å². The van der Waals surface area contributed by atoms with E-state index < -0.39 is 0 Å². The summed E-state index contributed by atoms with van der Waals surface area (Å²) in [5.41, 5.74) is 7.34. The van der Waals surface area contributed by atoms with Crippen molar-refractivity contribution in [2.45, 2.75) is 34.6 Å². The Bertz CT molecular complexity index is 308. The van der Waals surface area contributed by atoms with E-state index in [1.807, 2.05) is 30.3 Å². The van der Waals surface area contributed by atoms with Gasteiger partial charge in [0, 0.05) is 19.5 Å². The molecule has 0 amide bonds. The van der Waals surface area contributed by atoms with Crippen molar-refractivity contribution in [1.29, 1.82) is 0 Å². The summed E-state index contributed by atoms with van der Waals surface area (Å²) in [5.74, 6) is 0. The molecule has 2 aromatic rings. The van der Waals surface area contributed by atoms with E-state index in [-0.39, 0.29) is 19.5 Å². The normalized spacial score (nSPS) is 9.06. The molecule has 0 saturated carbocycles. The Morgan fingerprint density at radius 2 is 0.938 bits per heavy atom. The van der Waals surface area contributed by atoms with Crippen molar-refractivity contribution < 1.29 is 19.5 Å². The molecule has 0 aliphatic heterocycles. The molecule has 0 aliphatic rings. The van der Waals surface area contributed by atoms with Gasteiger partial charge in [-0.05, 0) is 0 Å². The standard InChI is InChI=1S/C10H15.C5H5.Rh/c1-6-7(2)9(4)10(5)8(6)3;1-2-4-5-3-1;/h1-5H3;1-5H;/q-1;-5;. The van der Waals surface area contributed by atoms with Crippen LogP contribution in [0.4, 0.5) is 0 Å². The Labute approximate surface area is 112 Å². The van der Waals surface area contributed by atoms with Crippen molar-refractivity contribution in [2.75, 3.05) is 0 Å². The van der Waals surface area contributed by atoms with Crippen LogP contribution in [0, 0.1) is 34.6 Å². The predicted molar refractivity (Wildman–Crippen MR) is 67.8 cm³/mol. The van der Waals surface area contributed by atoms with Crippen LogP contribution >= 0.6 is 0 Å². The average molecular weight is 303 g/mol. The van der Waals surface area contributed by atoms with E-state index in [2.05, 4.69) is 34.6 Å². The molecule has 0 bridgehead atoms. The molecule has 0 fully saturated rings. The van der Waals surface area contributed by atoms with Crippen molar-refractivity contribution >= 4 is 0 Å². The van der Waals surface area contributed by atoms with Crippen molar-refractivity contribution in [3.05, 3.63) is 58.1 Å². The fraction of sp³-hybridized carbons (Fsp3) is 0.333. The van der Waals surface area contributed by atoms with Crippen LogP contribution in [0.1, 0.15) is 27.8 Å². The van der Waals surface area contributed by atoms with Crippen LogP contribution in [0.2, 0.25) is 0 Å². The Hall–Kier alpha value is -0.677. The van der Waals surface area contributed by atoms with Gasteiger partial charge in [-0.25, -0.2) is 0 Å². The summed E-state index contributed by atoms with van der Waals surface area (Å²) in [5, 5.41) is 0. The summed E-state index contributed by atoms with van der Waals surface area (Å²) in [6.45, 7) is 11.0. The van der Waals surface area contributed by atoms with E-state index in [4.69, 9.17) is 0 Å². The molecule has 16 heavy (non-hydrogen) atoms. The summed E-state index contributed by atoms with van der Waals surface area (Å²) in [7, 11) is 0. The van der Waals surface area contributed by atoms with Gasteiger partial charge in [-0.3, -0.25) is 0 Å². The average Bonchev–Trinajstić information content (AvgIpc) is 2.86. The van der Waals surface area contributed by atoms with E-state index in [0.717, 1.165) is 0 Å². The molecule has 1 heteroatoms. The van der Waals surface area contributed by atoms with Gasteiger partial charge < -0.3 is 30.3 Å². The van der Waals surface area contributed by atoms with E-state index in [1.54, 1.807) is 0 Å². The molecule has 0 unspecified atom stereocenters. The summed E-state index contributed by atoms with van der Waals surface area (Å²) in [6.07, 6.45) is 0. The number of hydrogen-bond donors (Lipinski definition) is 0. The zero-order chi connectivity index (χ0) is 11.4. The fourth-order valence-electron chi connectivity index (χ4n) is 1.73. The largest absolute Gasteiger partial charge is 0.748 e. The molecule has 2 aromatic carbocycles. The summed E-state index contributed by atoms with van der Waals surface area (Å²) in [4.78, 5) is 0. The molecule has 0 heterocycles. The Morgan fingerprint density at radius 3 is 1.06 bits per heavy atom. The van der Waals surface area contributed by atoms with Crippen LogP contribution < -0.4 is 0 Å². The Kier molecular flexibility index (Phi) is 6.52. The first-order valence-electron chi connectivity index (χ1n) is 5.42. The maximum absolute atomic E-state index is 2.20. The van der Waals surface area contributed by atoms with Crippen LogP contribution in [0.15, 0.2) is 30.3 Å². The summed E-state index contributed by atoms with van der Waals surface area (Å²) in [6, 6.07) is 10.0. The van der Waals surface area contributed by atoms with Gasteiger partial charge in [0.25, 0.3) is 0 Å². The molecule has 0 saturated heterocycles. The van der Waals surface area contributed by atoms with E-state index in [1.165, 1.54) is 27.8 Å². The van der Waals surface area contributed by atoms with Crippen LogP contribution in [-0.4, -0.2) is 0 Å². The number of rotatable bonds is 0. The quantitative estimate of drug-likeness (QED) is 0.501. The van der Waals surface area contributed by atoms with Crippen molar-refractivity contribution in [2.24, 2.45) is 0 Å². The minimum absolute atomic E-state index is 0.